The average molecular weight is 470 g/mol. The number of Topliss-reactive ketones (excluding diaryl/α,β-unsaturated/α-hetero) is 1. The maximum atomic E-state index is 13.6. The first-order valence-corrected chi connectivity index (χ1v) is 12.7. The molecule has 0 saturated carbocycles. The van der Waals surface area contributed by atoms with E-state index in [-0.39, 0.29) is 11.5 Å². The van der Waals surface area contributed by atoms with Gasteiger partial charge in [-0.15, -0.1) is 0 Å². The topological polar surface area (TPSA) is 49.8 Å². The van der Waals surface area contributed by atoms with Crippen LogP contribution in [-0.4, -0.2) is 42.0 Å². The van der Waals surface area contributed by atoms with Gasteiger partial charge >= 0.3 is 0 Å². The van der Waals surface area contributed by atoms with Crippen LogP contribution in [0.15, 0.2) is 78.9 Å². The summed E-state index contributed by atoms with van der Waals surface area (Å²) in [5.41, 5.74) is 4.55. The molecule has 1 heterocycles. The first-order chi connectivity index (χ1) is 17.1. The van der Waals surface area contributed by atoms with Gasteiger partial charge in [0, 0.05) is 18.5 Å². The van der Waals surface area contributed by atoms with Gasteiger partial charge in [0.25, 0.3) is 0 Å². The normalized spacial score (nSPS) is 14.9. The third-order valence-electron chi connectivity index (χ3n) is 6.63. The molecule has 4 nitrogen and oxygen atoms in total. The Morgan fingerprint density at radius 2 is 1.54 bits per heavy atom. The van der Waals surface area contributed by atoms with E-state index >= 15 is 0 Å². The van der Waals surface area contributed by atoms with Crippen molar-refractivity contribution in [2.75, 3.05) is 26.2 Å². The van der Waals surface area contributed by atoms with Gasteiger partial charge in [0.15, 0.2) is 5.78 Å². The van der Waals surface area contributed by atoms with E-state index in [0.717, 1.165) is 41.0 Å². The molecule has 1 aliphatic heterocycles. The van der Waals surface area contributed by atoms with Crippen molar-refractivity contribution >= 4 is 16.9 Å². The summed E-state index contributed by atoms with van der Waals surface area (Å²) in [4.78, 5) is 16.1. The van der Waals surface area contributed by atoms with E-state index in [9.17, 15) is 9.90 Å². The number of allylic oxidation sites excluding steroid dienone is 2. The number of aromatic hydroxyl groups is 1. The largest absolute Gasteiger partial charge is 0.508 e. The number of nitrogens with zero attached hydrogens (tertiary/aromatic N) is 1. The monoisotopic (exact) mass is 469 g/mol. The predicted octanol–water partition coefficient (Wildman–Crippen LogP) is 6.39. The van der Waals surface area contributed by atoms with E-state index < -0.39 is 0 Å². The second-order valence-corrected chi connectivity index (χ2v) is 9.11. The number of rotatable bonds is 10. The van der Waals surface area contributed by atoms with Crippen LogP contribution < -0.4 is 4.74 Å². The molecule has 1 fully saturated rings. The SMILES string of the molecule is CC/C(=C(\C(=O)Cc1ccc(OCCN2CCCCC2)cc1)c1ccc(O)cc1)c1ccccc1. The molecule has 0 unspecified atom stereocenters. The number of likely N-dealkylation sites (tertiary alicyclic amines) is 1. The highest BCUT2D eigenvalue weighted by atomic mass is 16.5. The Bertz CT molecular complexity index is 1110. The van der Waals surface area contributed by atoms with Crippen LogP contribution in [0.4, 0.5) is 0 Å². The van der Waals surface area contributed by atoms with Gasteiger partial charge in [0.2, 0.25) is 0 Å². The number of carbonyl (C=O) groups excluding carboxylic acids is 1. The van der Waals surface area contributed by atoms with Crippen LogP contribution in [0.1, 0.15) is 49.3 Å². The lowest BCUT2D eigenvalue weighted by molar-refractivity contribution is -0.113. The molecule has 4 rings (SSSR count). The summed E-state index contributed by atoms with van der Waals surface area (Å²) in [6.45, 7) is 6.06. The maximum Gasteiger partial charge on any atom is 0.168 e. The fourth-order valence-corrected chi connectivity index (χ4v) is 4.75. The van der Waals surface area contributed by atoms with Crippen LogP contribution >= 0.6 is 0 Å². The van der Waals surface area contributed by atoms with Crippen LogP contribution in [0.3, 0.4) is 0 Å². The standard InChI is InChI=1S/C31H35NO3/c1-2-29(25-9-5-3-6-10-25)31(26-13-15-27(33)16-14-26)30(34)23-24-11-17-28(18-12-24)35-22-21-32-19-7-4-8-20-32/h3,5-6,9-18,33H,2,4,7-8,19-23H2,1H3/b31-29+. The Kier molecular flexibility index (Phi) is 8.74. The van der Waals surface area contributed by atoms with Crippen LogP contribution in [0.25, 0.3) is 11.1 Å². The summed E-state index contributed by atoms with van der Waals surface area (Å²) in [7, 11) is 0. The van der Waals surface area contributed by atoms with Crippen molar-refractivity contribution in [3.8, 4) is 11.5 Å². The third kappa shape index (κ3) is 6.83. The van der Waals surface area contributed by atoms with Crippen molar-refractivity contribution < 1.29 is 14.6 Å². The smallest absolute Gasteiger partial charge is 0.168 e. The van der Waals surface area contributed by atoms with Gasteiger partial charge in [-0.3, -0.25) is 9.69 Å². The lowest BCUT2D eigenvalue weighted by atomic mass is 9.88. The molecule has 1 aliphatic rings. The Morgan fingerprint density at radius 3 is 2.20 bits per heavy atom. The lowest BCUT2D eigenvalue weighted by Crippen LogP contribution is -2.33. The Hall–Kier alpha value is -3.37. The molecular formula is C31H35NO3. The first-order valence-electron chi connectivity index (χ1n) is 12.7. The van der Waals surface area contributed by atoms with E-state index in [4.69, 9.17) is 4.74 Å². The molecule has 3 aromatic rings. The van der Waals surface area contributed by atoms with Crippen LogP contribution in [0.2, 0.25) is 0 Å². The van der Waals surface area contributed by atoms with Gasteiger partial charge in [-0.1, -0.05) is 67.9 Å². The summed E-state index contributed by atoms with van der Waals surface area (Å²) < 4.78 is 5.95. The minimum Gasteiger partial charge on any atom is -0.508 e. The second-order valence-electron chi connectivity index (χ2n) is 9.11. The number of carbonyl (C=O) groups is 1. The molecule has 1 N–H and O–H groups in total. The van der Waals surface area contributed by atoms with Gasteiger partial charge in [-0.25, -0.2) is 0 Å². The van der Waals surface area contributed by atoms with Gasteiger partial charge in [0.1, 0.15) is 18.1 Å². The number of phenolic OH excluding ortho intramolecular Hbond substituents is 1. The summed E-state index contributed by atoms with van der Waals surface area (Å²) in [6.07, 6.45) is 4.95. The molecule has 0 atom stereocenters. The highest BCUT2D eigenvalue weighted by Gasteiger charge is 2.19. The van der Waals surface area contributed by atoms with Crippen molar-refractivity contribution in [1.29, 1.82) is 0 Å². The Morgan fingerprint density at radius 1 is 0.857 bits per heavy atom. The summed E-state index contributed by atoms with van der Waals surface area (Å²) in [5, 5.41) is 9.77. The molecule has 0 aliphatic carbocycles. The van der Waals surface area contributed by atoms with Crippen molar-refractivity contribution in [3.05, 3.63) is 95.6 Å². The maximum absolute atomic E-state index is 13.6. The number of ketones is 1. The lowest BCUT2D eigenvalue weighted by Gasteiger charge is -2.26. The zero-order valence-corrected chi connectivity index (χ0v) is 20.6. The fraction of sp³-hybridized carbons (Fsp3) is 0.323. The number of piperidine rings is 1. The number of benzene rings is 3. The summed E-state index contributed by atoms with van der Waals surface area (Å²) >= 11 is 0. The van der Waals surface area contributed by atoms with Gasteiger partial charge < -0.3 is 9.84 Å². The molecule has 4 heteroatoms. The number of ether oxygens (including phenoxy) is 1. The van der Waals surface area contributed by atoms with Gasteiger partial charge in [0.05, 0.1) is 0 Å². The first kappa shape index (κ1) is 24.7. The predicted molar refractivity (Wildman–Crippen MR) is 143 cm³/mol. The molecule has 182 valence electrons. The van der Waals surface area contributed by atoms with E-state index in [0.29, 0.717) is 18.6 Å². The number of hydrogen-bond acceptors (Lipinski definition) is 4. The zero-order chi connectivity index (χ0) is 24.5. The zero-order valence-electron chi connectivity index (χ0n) is 20.6. The highest BCUT2D eigenvalue weighted by molar-refractivity contribution is 6.28. The van der Waals surface area contributed by atoms with Crippen LogP contribution in [-0.2, 0) is 11.2 Å². The molecular weight excluding hydrogens is 434 g/mol. The molecule has 0 aromatic heterocycles. The van der Waals surface area contributed by atoms with Gasteiger partial charge in [-0.05, 0) is 78.9 Å². The fourth-order valence-electron chi connectivity index (χ4n) is 4.75. The summed E-state index contributed by atoms with van der Waals surface area (Å²) in [5.74, 6) is 1.09. The number of hydrogen-bond donors (Lipinski definition) is 1. The van der Waals surface area contributed by atoms with Crippen molar-refractivity contribution in [1.82, 2.24) is 4.90 Å². The number of phenols is 1. The van der Waals surface area contributed by atoms with Crippen molar-refractivity contribution in [2.45, 2.75) is 39.0 Å². The van der Waals surface area contributed by atoms with E-state index in [1.54, 1.807) is 12.1 Å². The molecule has 0 amide bonds. The molecule has 1 saturated heterocycles. The Labute approximate surface area is 208 Å². The minimum atomic E-state index is 0.0650. The Balaban J connectivity index is 1.48. The second kappa shape index (κ2) is 12.4. The van der Waals surface area contributed by atoms with E-state index in [1.165, 1.54) is 32.4 Å². The molecule has 0 bridgehead atoms. The van der Waals surface area contributed by atoms with Gasteiger partial charge in [-0.2, -0.15) is 0 Å². The third-order valence-corrected chi connectivity index (χ3v) is 6.63. The minimum absolute atomic E-state index is 0.0650. The van der Waals surface area contributed by atoms with Crippen LogP contribution in [0, 0.1) is 0 Å². The summed E-state index contributed by atoms with van der Waals surface area (Å²) in [6, 6.07) is 24.9. The highest BCUT2D eigenvalue weighted by Crippen LogP contribution is 2.31. The quantitative estimate of drug-likeness (QED) is 0.276. The van der Waals surface area contributed by atoms with Crippen LogP contribution in [0.5, 0.6) is 11.5 Å². The molecule has 3 aromatic carbocycles. The van der Waals surface area contributed by atoms with E-state index in [2.05, 4.69) is 11.8 Å². The van der Waals surface area contributed by atoms with Crippen molar-refractivity contribution in [2.24, 2.45) is 0 Å². The molecule has 0 radical (unpaired) electrons. The average Bonchev–Trinajstić information content (AvgIpc) is 2.90. The van der Waals surface area contributed by atoms with E-state index in [1.807, 2.05) is 66.7 Å². The van der Waals surface area contributed by atoms with Crippen molar-refractivity contribution in [3.63, 3.8) is 0 Å². The molecule has 35 heavy (non-hydrogen) atoms. The molecule has 0 spiro atoms.